The lowest BCUT2D eigenvalue weighted by Crippen LogP contribution is -2.37. The molecule has 0 spiro atoms. The molecule has 5 nitrogen and oxygen atoms in total. The molecule has 2 heterocycles. The topological polar surface area (TPSA) is 62.6 Å². The van der Waals surface area contributed by atoms with Crippen LogP contribution in [-0.4, -0.2) is 24.4 Å². The second kappa shape index (κ2) is 5.44. The second-order valence-corrected chi connectivity index (χ2v) is 5.19. The second-order valence-electron chi connectivity index (χ2n) is 5.19. The Balaban J connectivity index is 1.67. The molecule has 3 rings (SSSR count). The third-order valence-electron chi connectivity index (χ3n) is 3.55. The van der Waals surface area contributed by atoms with Crippen molar-refractivity contribution < 1.29 is 14.0 Å². The number of hydrogen-bond acceptors (Lipinski definition) is 3. The fourth-order valence-corrected chi connectivity index (χ4v) is 2.44. The average Bonchev–Trinajstić information content (AvgIpc) is 3.10. The van der Waals surface area contributed by atoms with Gasteiger partial charge in [0.2, 0.25) is 5.91 Å². The van der Waals surface area contributed by atoms with Gasteiger partial charge in [0.1, 0.15) is 0 Å². The number of amides is 2. The van der Waals surface area contributed by atoms with Crippen LogP contribution in [0, 0.1) is 6.92 Å². The van der Waals surface area contributed by atoms with E-state index in [1.54, 1.807) is 17.0 Å². The van der Waals surface area contributed by atoms with Gasteiger partial charge in [0.05, 0.1) is 12.3 Å². The minimum atomic E-state index is -0.288. The Morgan fingerprint density at radius 3 is 2.71 bits per heavy atom. The first-order valence-corrected chi connectivity index (χ1v) is 6.85. The Labute approximate surface area is 122 Å². The van der Waals surface area contributed by atoms with E-state index in [-0.39, 0.29) is 23.6 Å². The summed E-state index contributed by atoms with van der Waals surface area (Å²) in [4.78, 5) is 25.7. The third kappa shape index (κ3) is 2.81. The molecule has 0 radical (unpaired) electrons. The highest BCUT2D eigenvalue weighted by atomic mass is 16.3. The fourth-order valence-electron chi connectivity index (χ4n) is 2.44. The summed E-state index contributed by atoms with van der Waals surface area (Å²) in [5.41, 5.74) is 2.01. The van der Waals surface area contributed by atoms with Crippen LogP contribution in [0.2, 0.25) is 0 Å². The zero-order chi connectivity index (χ0) is 14.8. The minimum Gasteiger partial charge on any atom is -0.459 e. The van der Waals surface area contributed by atoms with Crippen LogP contribution in [0.25, 0.3) is 0 Å². The molecule has 1 atom stereocenters. The molecule has 2 aromatic rings. The SMILES string of the molecule is Cc1ccc(N2C[C@@H](NC(=O)c3ccco3)CC2=O)cc1. The maximum atomic E-state index is 12.1. The third-order valence-corrected chi connectivity index (χ3v) is 3.55. The van der Waals surface area contributed by atoms with Gasteiger partial charge in [-0.05, 0) is 31.2 Å². The number of furan rings is 1. The smallest absolute Gasteiger partial charge is 0.287 e. The van der Waals surface area contributed by atoms with Gasteiger partial charge in [-0.3, -0.25) is 9.59 Å². The van der Waals surface area contributed by atoms with Crippen LogP contribution >= 0.6 is 0 Å². The monoisotopic (exact) mass is 284 g/mol. The Hall–Kier alpha value is -2.56. The van der Waals surface area contributed by atoms with Crippen molar-refractivity contribution in [3.8, 4) is 0 Å². The average molecular weight is 284 g/mol. The highest BCUT2D eigenvalue weighted by Crippen LogP contribution is 2.22. The van der Waals surface area contributed by atoms with Crippen molar-refractivity contribution in [1.29, 1.82) is 0 Å². The number of nitrogens with one attached hydrogen (secondary N) is 1. The number of anilines is 1. The van der Waals surface area contributed by atoms with E-state index in [1.165, 1.54) is 6.26 Å². The van der Waals surface area contributed by atoms with E-state index in [1.807, 2.05) is 31.2 Å². The lowest BCUT2D eigenvalue weighted by molar-refractivity contribution is -0.117. The van der Waals surface area contributed by atoms with Gasteiger partial charge in [-0.1, -0.05) is 17.7 Å². The molecule has 1 aliphatic heterocycles. The highest BCUT2D eigenvalue weighted by Gasteiger charge is 2.32. The van der Waals surface area contributed by atoms with Gasteiger partial charge in [0.25, 0.3) is 5.91 Å². The van der Waals surface area contributed by atoms with Crippen LogP contribution < -0.4 is 10.2 Å². The van der Waals surface area contributed by atoms with Crippen molar-refractivity contribution in [1.82, 2.24) is 5.32 Å². The molecule has 0 bridgehead atoms. The number of nitrogens with zero attached hydrogens (tertiary/aromatic N) is 1. The molecule has 1 fully saturated rings. The molecule has 0 aliphatic carbocycles. The van der Waals surface area contributed by atoms with Gasteiger partial charge in [-0.2, -0.15) is 0 Å². The van der Waals surface area contributed by atoms with Crippen molar-refractivity contribution in [3.63, 3.8) is 0 Å². The Morgan fingerprint density at radius 1 is 1.29 bits per heavy atom. The van der Waals surface area contributed by atoms with Crippen molar-refractivity contribution in [2.75, 3.05) is 11.4 Å². The first kappa shape index (κ1) is 13.4. The summed E-state index contributed by atoms with van der Waals surface area (Å²) in [7, 11) is 0. The normalized spacial score (nSPS) is 18.0. The first-order valence-electron chi connectivity index (χ1n) is 6.85. The summed E-state index contributed by atoms with van der Waals surface area (Å²) in [6.45, 7) is 2.48. The molecule has 2 amide bonds. The predicted molar refractivity (Wildman–Crippen MR) is 78.1 cm³/mol. The molecular formula is C16H16N2O3. The molecule has 21 heavy (non-hydrogen) atoms. The van der Waals surface area contributed by atoms with Crippen LogP contribution in [-0.2, 0) is 4.79 Å². The zero-order valence-electron chi connectivity index (χ0n) is 11.7. The van der Waals surface area contributed by atoms with Gasteiger partial charge in [-0.15, -0.1) is 0 Å². The Bertz CT molecular complexity index is 647. The zero-order valence-corrected chi connectivity index (χ0v) is 11.7. The first-order chi connectivity index (χ1) is 10.1. The quantitative estimate of drug-likeness (QED) is 0.939. The van der Waals surface area contributed by atoms with Crippen LogP contribution in [0.1, 0.15) is 22.5 Å². The number of rotatable bonds is 3. The van der Waals surface area contributed by atoms with Crippen LogP contribution in [0.15, 0.2) is 47.1 Å². The van der Waals surface area contributed by atoms with Crippen LogP contribution in [0.4, 0.5) is 5.69 Å². The summed E-state index contributed by atoms with van der Waals surface area (Å²) < 4.78 is 5.05. The molecule has 1 aromatic heterocycles. The van der Waals surface area contributed by atoms with Gasteiger partial charge in [0.15, 0.2) is 5.76 Å². The molecule has 1 saturated heterocycles. The lowest BCUT2D eigenvalue weighted by Gasteiger charge is -2.17. The van der Waals surface area contributed by atoms with E-state index in [9.17, 15) is 9.59 Å². The lowest BCUT2D eigenvalue weighted by atomic mass is 10.2. The van der Waals surface area contributed by atoms with Crippen LogP contribution in [0.3, 0.4) is 0 Å². The summed E-state index contributed by atoms with van der Waals surface area (Å²) in [5.74, 6) is -0.0108. The molecule has 1 N–H and O–H groups in total. The van der Waals surface area contributed by atoms with Crippen molar-refractivity contribution in [2.24, 2.45) is 0 Å². The maximum absolute atomic E-state index is 12.1. The van der Waals surface area contributed by atoms with E-state index in [0.717, 1.165) is 11.3 Å². The van der Waals surface area contributed by atoms with Crippen LogP contribution in [0.5, 0.6) is 0 Å². The Morgan fingerprint density at radius 2 is 2.05 bits per heavy atom. The standard InChI is InChI=1S/C16H16N2O3/c1-11-4-6-13(7-5-11)18-10-12(9-15(18)19)17-16(20)14-3-2-8-21-14/h2-8,12H,9-10H2,1H3,(H,17,20)/t12-/m0/s1. The van der Waals surface area contributed by atoms with Gasteiger partial charge in [0, 0.05) is 18.7 Å². The summed E-state index contributed by atoms with van der Waals surface area (Å²) in [6.07, 6.45) is 1.76. The van der Waals surface area contributed by atoms with E-state index < -0.39 is 0 Å². The Kier molecular flexibility index (Phi) is 3.48. The van der Waals surface area contributed by atoms with Gasteiger partial charge >= 0.3 is 0 Å². The number of carbonyl (C=O) groups excluding carboxylic acids is 2. The fraction of sp³-hybridized carbons (Fsp3) is 0.250. The van der Waals surface area contributed by atoms with Crippen molar-refractivity contribution in [2.45, 2.75) is 19.4 Å². The minimum absolute atomic E-state index is 0.0172. The molecule has 5 heteroatoms. The van der Waals surface area contributed by atoms with Gasteiger partial charge in [-0.25, -0.2) is 0 Å². The molecule has 108 valence electrons. The van der Waals surface area contributed by atoms with E-state index >= 15 is 0 Å². The summed E-state index contributed by atoms with van der Waals surface area (Å²) >= 11 is 0. The summed E-state index contributed by atoms with van der Waals surface area (Å²) in [6, 6.07) is 10.8. The number of hydrogen-bond donors (Lipinski definition) is 1. The summed E-state index contributed by atoms with van der Waals surface area (Å²) in [5, 5.41) is 2.83. The van der Waals surface area contributed by atoms with Crippen molar-refractivity contribution in [3.05, 3.63) is 54.0 Å². The molecule has 1 aromatic carbocycles. The largest absolute Gasteiger partial charge is 0.459 e. The molecule has 0 saturated carbocycles. The number of benzene rings is 1. The van der Waals surface area contributed by atoms with Crippen molar-refractivity contribution >= 4 is 17.5 Å². The van der Waals surface area contributed by atoms with E-state index in [4.69, 9.17) is 4.42 Å². The maximum Gasteiger partial charge on any atom is 0.287 e. The number of carbonyl (C=O) groups is 2. The predicted octanol–water partition coefficient (Wildman–Crippen LogP) is 2.12. The molecule has 1 aliphatic rings. The highest BCUT2D eigenvalue weighted by molar-refractivity contribution is 5.98. The molecule has 0 unspecified atom stereocenters. The van der Waals surface area contributed by atoms with Gasteiger partial charge < -0.3 is 14.6 Å². The van der Waals surface area contributed by atoms with E-state index in [2.05, 4.69) is 5.32 Å². The molecular weight excluding hydrogens is 268 g/mol. The number of aryl methyl sites for hydroxylation is 1. The van der Waals surface area contributed by atoms with E-state index in [0.29, 0.717) is 13.0 Å².